The summed E-state index contributed by atoms with van der Waals surface area (Å²) in [4.78, 5) is 18.4. The minimum atomic E-state index is -0.275. The fourth-order valence-electron chi connectivity index (χ4n) is 3.96. The number of rotatable bonds is 7. The monoisotopic (exact) mass is 436 g/mol. The second kappa shape index (κ2) is 9.18. The molecule has 3 aromatic rings. The molecule has 0 aliphatic carbocycles. The molecule has 7 nitrogen and oxygen atoms in total. The van der Waals surface area contributed by atoms with Gasteiger partial charge in [-0.25, -0.2) is 0 Å². The lowest BCUT2D eigenvalue weighted by atomic mass is 10.0. The van der Waals surface area contributed by atoms with Crippen molar-refractivity contribution in [2.75, 3.05) is 20.8 Å². The third-order valence-electron chi connectivity index (χ3n) is 5.41. The van der Waals surface area contributed by atoms with E-state index in [0.717, 1.165) is 22.8 Å². The van der Waals surface area contributed by atoms with E-state index in [0.29, 0.717) is 11.7 Å². The first kappa shape index (κ1) is 20.9. The van der Waals surface area contributed by atoms with E-state index in [1.54, 1.807) is 13.3 Å². The summed E-state index contributed by atoms with van der Waals surface area (Å²) in [5, 5.41) is 3.99. The molecule has 0 saturated carbocycles. The van der Waals surface area contributed by atoms with Gasteiger partial charge in [0.2, 0.25) is 0 Å². The molecule has 0 bridgehead atoms. The zero-order valence-corrected chi connectivity index (χ0v) is 18.2. The summed E-state index contributed by atoms with van der Waals surface area (Å²) >= 11 is 5.67. The lowest BCUT2D eigenvalue weighted by Crippen LogP contribution is -2.32. The second-order valence-corrected chi connectivity index (χ2v) is 7.51. The maximum Gasteiger partial charge on any atom is 0.307 e. The fraction of sp³-hybridized carbons (Fsp3) is 0.261. The van der Waals surface area contributed by atoms with Gasteiger partial charge in [-0.3, -0.25) is 9.78 Å². The SMILES string of the molecule is COC(=O)CCN1C(=S)N[C@H](c2ccccn2)[C@@H]1c1cccn1-c1ccccc1OC. The van der Waals surface area contributed by atoms with E-state index in [9.17, 15) is 4.79 Å². The molecule has 0 spiro atoms. The number of para-hydroxylation sites is 2. The molecule has 4 rings (SSSR count). The van der Waals surface area contributed by atoms with Gasteiger partial charge in [-0.05, 0) is 48.6 Å². The van der Waals surface area contributed by atoms with Crippen LogP contribution in [0.1, 0.15) is 29.9 Å². The number of carbonyl (C=O) groups is 1. The summed E-state index contributed by atoms with van der Waals surface area (Å²) < 4.78 is 12.5. The van der Waals surface area contributed by atoms with Gasteiger partial charge >= 0.3 is 5.97 Å². The van der Waals surface area contributed by atoms with E-state index >= 15 is 0 Å². The van der Waals surface area contributed by atoms with Gasteiger partial charge in [0.15, 0.2) is 5.11 Å². The van der Waals surface area contributed by atoms with Crippen LogP contribution in [0.4, 0.5) is 0 Å². The van der Waals surface area contributed by atoms with Gasteiger partial charge in [0.05, 0.1) is 44.1 Å². The Morgan fingerprint density at radius 3 is 2.68 bits per heavy atom. The molecule has 1 saturated heterocycles. The minimum Gasteiger partial charge on any atom is -0.495 e. The molecule has 160 valence electrons. The number of hydrogen-bond acceptors (Lipinski definition) is 5. The van der Waals surface area contributed by atoms with Crippen molar-refractivity contribution in [3.05, 3.63) is 78.4 Å². The molecule has 1 fully saturated rings. The predicted octanol–water partition coefficient (Wildman–Crippen LogP) is 3.42. The minimum absolute atomic E-state index is 0.172. The van der Waals surface area contributed by atoms with Crippen LogP contribution in [0, 0.1) is 0 Å². The van der Waals surface area contributed by atoms with Crippen molar-refractivity contribution in [1.82, 2.24) is 19.8 Å². The number of pyridine rings is 1. The summed E-state index contributed by atoms with van der Waals surface area (Å²) in [5.41, 5.74) is 2.82. The number of carbonyl (C=O) groups excluding carboxylic acids is 1. The van der Waals surface area contributed by atoms with E-state index in [1.165, 1.54) is 7.11 Å². The molecule has 8 heteroatoms. The third-order valence-corrected chi connectivity index (χ3v) is 5.76. The standard InChI is InChI=1S/C23H24N4O3S/c1-29-19-11-4-3-9-17(19)26-14-7-10-18(26)22-21(16-8-5-6-13-24-16)25-23(31)27(22)15-12-20(28)30-2/h3-11,13-14,21-22H,12,15H2,1-2H3,(H,25,31)/t21-,22+/m1/s1. The van der Waals surface area contributed by atoms with E-state index in [2.05, 4.69) is 20.9 Å². The summed E-state index contributed by atoms with van der Waals surface area (Å²) in [5.74, 6) is 0.493. The van der Waals surface area contributed by atoms with Crippen LogP contribution >= 0.6 is 12.2 Å². The van der Waals surface area contributed by atoms with Crippen molar-refractivity contribution in [2.45, 2.75) is 18.5 Å². The van der Waals surface area contributed by atoms with Crippen LogP contribution in [0.15, 0.2) is 67.0 Å². The molecule has 0 amide bonds. The summed E-state index contributed by atoms with van der Waals surface area (Å²) in [7, 11) is 3.05. The van der Waals surface area contributed by atoms with Gasteiger partial charge in [-0.2, -0.15) is 0 Å². The number of nitrogens with one attached hydrogen (secondary N) is 1. The zero-order chi connectivity index (χ0) is 21.8. The molecule has 1 aliphatic heterocycles. The Labute approximate surface area is 186 Å². The number of hydrogen-bond donors (Lipinski definition) is 1. The van der Waals surface area contributed by atoms with Gasteiger partial charge in [-0.1, -0.05) is 18.2 Å². The van der Waals surface area contributed by atoms with Crippen LogP contribution in [0.25, 0.3) is 5.69 Å². The zero-order valence-electron chi connectivity index (χ0n) is 17.4. The van der Waals surface area contributed by atoms with Crippen molar-refractivity contribution in [3.8, 4) is 11.4 Å². The predicted molar refractivity (Wildman–Crippen MR) is 121 cm³/mol. The Bertz CT molecular complexity index is 1070. The van der Waals surface area contributed by atoms with E-state index in [-0.39, 0.29) is 24.5 Å². The lowest BCUT2D eigenvalue weighted by molar-refractivity contribution is -0.140. The van der Waals surface area contributed by atoms with Gasteiger partial charge < -0.3 is 24.3 Å². The molecule has 31 heavy (non-hydrogen) atoms. The van der Waals surface area contributed by atoms with Crippen molar-refractivity contribution in [3.63, 3.8) is 0 Å². The highest BCUT2D eigenvalue weighted by atomic mass is 32.1. The molecule has 1 aliphatic rings. The van der Waals surface area contributed by atoms with E-state index in [1.807, 2.05) is 59.6 Å². The summed E-state index contributed by atoms with van der Waals surface area (Å²) in [6.45, 7) is 0.434. The smallest absolute Gasteiger partial charge is 0.307 e. The van der Waals surface area contributed by atoms with Gasteiger partial charge in [0.25, 0.3) is 0 Å². The molecular weight excluding hydrogens is 412 g/mol. The summed E-state index contributed by atoms with van der Waals surface area (Å²) in [6.07, 6.45) is 4.01. The van der Waals surface area contributed by atoms with Crippen molar-refractivity contribution in [2.24, 2.45) is 0 Å². The first-order valence-electron chi connectivity index (χ1n) is 9.99. The van der Waals surface area contributed by atoms with Crippen LogP contribution in [-0.4, -0.2) is 46.3 Å². The van der Waals surface area contributed by atoms with Gasteiger partial charge in [-0.15, -0.1) is 0 Å². The van der Waals surface area contributed by atoms with Crippen LogP contribution in [-0.2, 0) is 9.53 Å². The number of thiocarbonyl (C=S) groups is 1. The van der Waals surface area contributed by atoms with Crippen molar-refractivity contribution >= 4 is 23.3 Å². The Balaban J connectivity index is 1.79. The summed E-state index contributed by atoms with van der Waals surface area (Å²) in [6, 6.07) is 17.4. The first-order valence-corrected chi connectivity index (χ1v) is 10.4. The van der Waals surface area contributed by atoms with Crippen LogP contribution in [0.2, 0.25) is 0 Å². The maximum atomic E-state index is 11.8. The molecule has 1 N–H and O–H groups in total. The maximum absolute atomic E-state index is 11.8. The third kappa shape index (κ3) is 4.11. The number of aromatic nitrogens is 2. The molecule has 1 aromatic carbocycles. The quantitative estimate of drug-likeness (QED) is 0.450. The van der Waals surface area contributed by atoms with Crippen LogP contribution in [0.5, 0.6) is 5.75 Å². The Morgan fingerprint density at radius 1 is 1.13 bits per heavy atom. The molecule has 0 unspecified atom stereocenters. The van der Waals surface area contributed by atoms with Gasteiger partial charge in [0.1, 0.15) is 5.75 Å². The Morgan fingerprint density at radius 2 is 1.94 bits per heavy atom. The van der Waals surface area contributed by atoms with Crippen molar-refractivity contribution < 1.29 is 14.3 Å². The number of methoxy groups -OCH3 is 2. The topological polar surface area (TPSA) is 68.6 Å². The second-order valence-electron chi connectivity index (χ2n) is 7.12. The number of benzene rings is 1. The van der Waals surface area contributed by atoms with Crippen molar-refractivity contribution in [1.29, 1.82) is 0 Å². The molecule has 0 radical (unpaired) electrons. The largest absolute Gasteiger partial charge is 0.495 e. The Hall–Kier alpha value is -3.39. The highest BCUT2D eigenvalue weighted by Gasteiger charge is 2.41. The van der Waals surface area contributed by atoms with E-state index < -0.39 is 0 Å². The number of ether oxygens (including phenoxy) is 2. The van der Waals surface area contributed by atoms with Crippen LogP contribution in [0.3, 0.4) is 0 Å². The number of esters is 1. The Kier molecular flexibility index (Phi) is 6.18. The van der Waals surface area contributed by atoms with E-state index in [4.69, 9.17) is 21.7 Å². The van der Waals surface area contributed by atoms with Crippen LogP contribution < -0.4 is 10.1 Å². The molecular formula is C23H24N4O3S. The highest BCUT2D eigenvalue weighted by Crippen LogP contribution is 2.40. The van der Waals surface area contributed by atoms with Gasteiger partial charge in [0, 0.05) is 24.6 Å². The average molecular weight is 437 g/mol. The molecule has 2 aromatic heterocycles. The lowest BCUT2D eigenvalue weighted by Gasteiger charge is -2.29. The molecule has 2 atom stereocenters. The first-order chi connectivity index (χ1) is 15.1. The normalized spacial score (nSPS) is 18.0. The highest BCUT2D eigenvalue weighted by molar-refractivity contribution is 7.80. The molecule has 3 heterocycles. The fourth-order valence-corrected chi connectivity index (χ4v) is 4.30. The number of nitrogens with zero attached hydrogens (tertiary/aromatic N) is 3. The average Bonchev–Trinajstić information content (AvgIpc) is 3.42.